The molecule has 1 nitrogen and oxygen atoms in total. The Morgan fingerprint density at radius 3 is 2.39 bits per heavy atom. The van der Waals surface area contributed by atoms with Gasteiger partial charge in [-0.05, 0) is 52.3 Å². The fourth-order valence-corrected chi connectivity index (χ4v) is 1.80. The zero-order chi connectivity index (χ0) is 13.1. The number of aliphatic imine (C=N–C) groups is 1. The maximum Gasteiger partial charge on any atom is 0.149 e. The van der Waals surface area contributed by atoms with E-state index in [0.717, 1.165) is 6.21 Å². The van der Waals surface area contributed by atoms with Crippen molar-refractivity contribution >= 4 is 39.4 Å². The van der Waals surface area contributed by atoms with E-state index < -0.39 is 11.6 Å². The van der Waals surface area contributed by atoms with Gasteiger partial charge in [-0.2, -0.15) is 0 Å². The fraction of sp³-hybridized carbons (Fsp3) is 0. The van der Waals surface area contributed by atoms with Crippen LogP contribution < -0.4 is 0 Å². The molecule has 0 aliphatic carbocycles. The Morgan fingerprint density at radius 2 is 1.72 bits per heavy atom. The smallest absolute Gasteiger partial charge is 0.149 e. The lowest BCUT2D eigenvalue weighted by Crippen LogP contribution is -1.94. The van der Waals surface area contributed by atoms with Crippen LogP contribution in [0.1, 0.15) is 5.56 Å². The van der Waals surface area contributed by atoms with E-state index in [-0.39, 0.29) is 10.0 Å². The van der Waals surface area contributed by atoms with Crippen LogP contribution in [0.5, 0.6) is 0 Å². The van der Waals surface area contributed by atoms with Crippen LogP contribution in [-0.2, 0) is 0 Å². The molecular formula is C13H7BrClF2N. The quantitative estimate of drug-likeness (QED) is 0.534. The zero-order valence-electron chi connectivity index (χ0n) is 9.00. The average Bonchev–Trinajstić information content (AvgIpc) is 2.36. The van der Waals surface area contributed by atoms with Crippen LogP contribution in [-0.4, -0.2) is 6.21 Å². The molecule has 0 fully saturated rings. The first kappa shape index (κ1) is 13.2. The molecule has 0 spiro atoms. The lowest BCUT2D eigenvalue weighted by Gasteiger charge is -2.01. The van der Waals surface area contributed by atoms with E-state index in [1.165, 1.54) is 12.1 Å². The summed E-state index contributed by atoms with van der Waals surface area (Å²) in [7, 11) is 0. The maximum absolute atomic E-state index is 13.6. The van der Waals surface area contributed by atoms with Gasteiger partial charge in [-0.3, -0.25) is 4.99 Å². The summed E-state index contributed by atoms with van der Waals surface area (Å²) in [4.78, 5) is 4.00. The van der Waals surface area contributed by atoms with Gasteiger partial charge in [0.2, 0.25) is 0 Å². The minimum atomic E-state index is -0.673. The first-order chi connectivity index (χ1) is 8.58. The van der Waals surface area contributed by atoms with Crippen molar-refractivity contribution in [2.24, 2.45) is 4.99 Å². The van der Waals surface area contributed by atoms with E-state index in [1.807, 2.05) is 0 Å². The number of rotatable bonds is 2. The van der Waals surface area contributed by atoms with Gasteiger partial charge < -0.3 is 0 Å². The summed E-state index contributed by atoms with van der Waals surface area (Å²) < 4.78 is 27.2. The van der Waals surface area contributed by atoms with Gasteiger partial charge in [-0.1, -0.05) is 11.6 Å². The number of benzene rings is 2. The van der Waals surface area contributed by atoms with Crippen molar-refractivity contribution in [3.05, 3.63) is 63.1 Å². The fourth-order valence-electron chi connectivity index (χ4n) is 1.33. The molecule has 0 saturated heterocycles. The second-order valence-corrected chi connectivity index (χ2v) is 4.78. The Labute approximate surface area is 116 Å². The Bertz CT molecular complexity index is 597. The summed E-state index contributed by atoms with van der Waals surface area (Å²) in [6.45, 7) is 0. The largest absolute Gasteiger partial charge is 0.256 e. The van der Waals surface area contributed by atoms with Gasteiger partial charge in [0.25, 0.3) is 0 Å². The van der Waals surface area contributed by atoms with E-state index in [0.29, 0.717) is 10.7 Å². The average molecular weight is 331 g/mol. The van der Waals surface area contributed by atoms with Crippen LogP contribution in [0.3, 0.4) is 0 Å². The topological polar surface area (TPSA) is 12.4 Å². The number of nitrogens with zero attached hydrogens (tertiary/aromatic N) is 1. The molecule has 2 aromatic rings. The number of hydrogen-bond donors (Lipinski definition) is 0. The lowest BCUT2D eigenvalue weighted by molar-refractivity contribution is 0.576. The molecule has 0 bridgehead atoms. The van der Waals surface area contributed by atoms with Crippen molar-refractivity contribution < 1.29 is 8.78 Å². The molecule has 0 atom stereocenters. The molecule has 0 heterocycles. The van der Waals surface area contributed by atoms with Crippen molar-refractivity contribution in [3.63, 3.8) is 0 Å². The van der Waals surface area contributed by atoms with Gasteiger partial charge >= 0.3 is 0 Å². The van der Waals surface area contributed by atoms with Gasteiger partial charge in [0.15, 0.2) is 0 Å². The van der Waals surface area contributed by atoms with Gasteiger partial charge in [0, 0.05) is 11.2 Å². The van der Waals surface area contributed by atoms with Crippen molar-refractivity contribution in [2.45, 2.75) is 0 Å². The third kappa shape index (κ3) is 2.94. The molecule has 0 saturated carbocycles. The van der Waals surface area contributed by atoms with Gasteiger partial charge in [0.05, 0.1) is 15.7 Å². The van der Waals surface area contributed by atoms with E-state index in [9.17, 15) is 8.78 Å². The number of hydrogen-bond acceptors (Lipinski definition) is 1. The second-order valence-electron chi connectivity index (χ2n) is 3.49. The first-order valence-corrected chi connectivity index (χ1v) is 6.18. The summed E-state index contributed by atoms with van der Waals surface area (Å²) in [6.07, 6.45) is 1.15. The van der Waals surface area contributed by atoms with Crippen LogP contribution in [0.25, 0.3) is 0 Å². The lowest BCUT2D eigenvalue weighted by atomic mass is 10.2. The highest BCUT2D eigenvalue weighted by Gasteiger charge is 2.09. The predicted molar refractivity (Wildman–Crippen MR) is 72.8 cm³/mol. The Hall–Kier alpha value is -1.26. The van der Waals surface area contributed by atoms with Gasteiger partial charge in [-0.25, -0.2) is 8.78 Å². The Morgan fingerprint density at radius 1 is 1.06 bits per heavy atom. The summed E-state index contributed by atoms with van der Waals surface area (Å²) in [5.74, 6) is -1.33. The summed E-state index contributed by atoms with van der Waals surface area (Å²) >= 11 is 8.72. The highest BCUT2D eigenvalue weighted by Crippen LogP contribution is 2.21. The molecule has 0 radical (unpaired) electrons. The van der Waals surface area contributed by atoms with E-state index in [2.05, 4.69) is 20.9 Å². The Balaban J connectivity index is 2.34. The molecule has 0 amide bonds. The molecule has 0 unspecified atom stereocenters. The molecule has 0 aliphatic rings. The summed E-state index contributed by atoms with van der Waals surface area (Å²) in [5.41, 5.74) is 0.387. The molecule has 5 heteroatoms. The highest BCUT2D eigenvalue weighted by molar-refractivity contribution is 9.10. The van der Waals surface area contributed by atoms with Crippen molar-refractivity contribution in [1.82, 2.24) is 0 Å². The van der Waals surface area contributed by atoms with Crippen molar-refractivity contribution in [1.29, 1.82) is 0 Å². The molecule has 2 aromatic carbocycles. The van der Waals surface area contributed by atoms with Crippen LogP contribution in [0.4, 0.5) is 14.5 Å². The predicted octanol–water partition coefficient (Wildman–Crippen LogP) is 5.13. The third-order valence-corrected chi connectivity index (χ3v) is 3.11. The van der Waals surface area contributed by atoms with Crippen LogP contribution in [0.2, 0.25) is 5.02 Å². The normalized spacial score (nSPS) is 11.1. The summed E-state index contributed by atoms with van der Waals surface area (Å²) in [5, 5.41) is 0.578. The highest BCUT2D eigenvalue weighted by atomic mass is 79.9. The van der Waals surface area contributed by atoms with Crippen LogP contribution >= 0.6 is 27.5 Å². The molecule has 2 rings (SSSR count). The minimum Gasteiger partial charge on any atom is -0.256 e. The molecule has 18 heavy (non-hydrogen) atoms. The molecular weight excluding hydrogens is 324 g/mol. The van der Waals surface area contributed by atoms with Gasteiger partial charge in [-0.15, -0.1) is 0 Å². The number of halogens is 4. The van der Waals surface area contributed by atoms with Crippen LogP contribution in [0, 0.1) is 11.6 Å². The van der Waals surface area contributed by atoms with E-state index in [1.54, 1.807) is 24.3 Å². The van der Waals surface area contributed by atoms with Crippen molar-refractivity contribution in [3.8, 4) is 0 Å². The Kier molecular flexibility index (Phi) is 4.09. The standard InChI is InChI=1S/C13H7BrClF2N/c14-11-5-6-12(16)10(13(11)17)7-18-9-3-1-8(15)2-4-9/h1-7H. The first-order valence-electron chi connectivity index (χ1n) is 5.01. The zero-order valence-corrected chi connectivity index (χ0v) is 11.3. The molecule has 0 N–H and O–H groups in total. The minimum absolute atomic E-state index is 0.181. The SMILES string of the molecule is Fc1ccc(Br)c(F)c1C=Nc1ccc(Cl)cc1. The molecule has 0 aliphatic heterocycles. The monoisotopic (exact) mass is 329 g/mol. The van der Waals surface area contributed by atoms with Crippen molar-refractivity contribution in [2.75, 3.05) is 0 Å². The van der Waals surface area contributed by atoms with E-state index >= 15 is 0 Å². The summed E-state index contributed by atoms with van der Waals surface area (Å²) in [6, 6.07) is 9.11. The van der Waals surface area contributed by atoms with E-state index in [4.69, 9.17) is 11.6 Å². The van der Waals surface area contributed by atoms with Crippen LogP contribution in [0.15, 0.2) is 45.9 Å². The van der Waals surface area contributed by atoms with Gasteiger partial charge in [0.1, 0.15) is 11.6 Å². The second kappa shape index (κ2) is 5.59. The maximum atomic E-state index is 13.6. The third-order valence-electron chi connectivity index (χ3n) is 2.25. The molecule has 92 valence electrons. The molecule has 0 aromatic heterocycles.